The predicted molar refractivity (Wildman–Crippen MR) is 60.9 cm³/mol. The van der Waals surface area contributed by atoms with Crippen LogP contribution in [0.2, 0.25) is 0 Å². The lowest BCUT2D eigenvalue weighted by Crippen LogP contribution is -2.14. The number of nitrogens with one attached hydrogen (secondary N) is 1. The van der Waals surface area contributed by atoms with Gasteiger partial charge in [0, 0.05) is 11.0 Å². The Balaban J connectivity index is 2.56. The van der Waals surface area contributed by atoms with Crippen LogP contribution in [-0.2, 0) is 6.54 Å². The summed E-state index contributed by atoms with van der Waals surface area (Å²) in [5.41, 5.74) is 2.63. The van der Waals surface area contributed by atoms with Crippen LogP contribution in [0.25, 0.3) is 0 Å². The largest absolute Gasteiger partial charge is 0.313 e. The molecule has 1 rings (SSSR count). The van der Waals surface area contributed by atoms with Gasteiger partial charge in [-0.15, -0.1) is 0 Å². The maximum Gasteiger partial charge on any atom is 0.0222 e. The van der Waals surface area contributed by atoms with Crippen LogP contribution in [0.1, 0.15) is 24.5 Å². The Kier molecular flexibility index (Phi) is 4.46. The maximum atomic E-state index is 3.56. The van der Waals surface area contributed by atoms with Crippen molar-refractivity contribution in [3.63, 3.8) is 0 Å². The van der Waals surface area contributed by atoms with Gasteiger partial charge in [-0.25, -0.2) is 0 Å². The van der Waals surface area contributed by atoms with E-state index >= 15 is 0 Å². The third-order valence-electron chi connectivity index (χ3n) is 1.95. The second-order valence-electron chi connectivity index (χ2n) is 3.27. The van der Waals surface area contributed by atoms with E-state index in [-0.39, 0.29) is 0 Å². The normalized spacial score (nSPS) is 10.4. The van der Waals surface area contributed by atoms with E-state index in [2.05, 4.69) is 53.3 Å². The van der Waals surface area contributed by atoms with E-state index in [0.717, 1.165) is 13.1 Å². The first kappa shape index (κ1) is 10.7. The lowest BCUT2D eigenvalue weighted by molar-refractivity contribution is 0.674. The second kappa shape index (κ2) is 5.40. The molecule has 13 heavy (non-hydrogen) atoms. The fourth-order valence-corrected chi connectivity index (χ4v) is 1.83. The molecule has 0 aliphatic rings. The van der Waals surface area contributed by atoms with E-state index in [1.54, 1.807) is 0 Å². The van der Waals surface area contributed by atoms with Crippen molar-refractivity contribution in [2.45, 2.75) is 26.8 Å². The number of aryl methyl sites for hydroxylation is 1. The summed E-state index contributed by atoms with van der Waals surface area (Å²) in [4.78, 5) is 0. The van der Waals surface area contributed by atoms with Gasteiger partial charge in [0.05, 0.1) is 0 Å². The highest BCUT2D eigenvalue weighted by Crippen LogP contribution is 2.17. The van der Waals surface area contributed by atoms with E-state index in [9.17, 15) is 0 Å². The van der Waals surface area contributed by atoms with Crippen molar-refractivity contribution >= 4 is 15.9 Å². The second-order valence-corrected chi connectivity index (χ2v) is 4.13. The highest BCUT2D eigenvalue weighted by molar-refractivity contribution is 9.10. The van der Waals surface area contributed by atoms with E-state index in [4.69, 9.17) is 0 Å². The van der Waals surface area contributed by atoms with E-state index in [1.807, 2.05) is 0 Å². The van der Waals surface area contributed by atoms with Gasteiger partial charge in [0.2, 0.25) is 0 Å². The predicted octanol–water partition coefficient (Wildman–Crippen LogP) is 3.26. The first-order valence-electron chi connectivity index (χ1n) is 4.69. The highest BCUT2D eigenvalue weighted by atomic mass is 79.9. The van der Waals surface area contributed by atoms with Crippen LogP contribution < -0.4 is 5.32 Å². The molecule has 2 heteroatoms. The quantitative estimate of drug-likeness (QED) is 0.799. The van der Waals surface area contributed by atoms with Gasteiger partial charge in [0.1, 0.15) is 0 Å². The van der Waals surface area contributed by atoms with E-state index < -0.39 is 0 Å². The van der Waals surface area contributed by atoms with Crippen LogP contribution >= 0.6 is 15.9 Å². The third kappa shape index (κ3) is 3.49. The van der Waals surface area contributed by atoms with Gasteiger partial charge in [-0.2, -0.15) is 0 Å². The molecule has 0 spiro atoms. The fraction of sp³-hybridized carbons (Fsp3) is 0.455. The zero-order valence-corrected chi connectivity index (χ0v) is 9.82. The molecule has 0 unspecified atom stereocenters. The van der Waals surface area contributed by atoms with Gasteiger partial charge < -0.3 is 5.32 Å². The average Bonchev–Trinajstić information content (AvgIpc) is 2.09. The number of hydrogen-bond acceptors (Lipinski definition) is 1. The Labute approximate surface area is 88.7 Å². The Morgan fingerprint density at radius 1 is 1.38 bits per heavy atom. The van der Waals surface area contributed by atoms with Crippen LogP contribution in [-0.4, -0.2) is 6.54 Å². The van der Waals surface area contributed by atoms with Gasteiger partial charge in [0.25, 0.3) is 0 Å². The number of halogens is 1. The first-order valence-corrected chi connectivity index (χ1v) is 5.49. The molecule has 1 aromatic rings. The zero-order chi connectivity index (χ0) is 9.68. The van der Waals surface area contributed by atoms with Crippen LogP contribution in [0.3, 0.4) is 0 Å². The van der Waals surface area contributed by atoms with Gasteiger partial charge >= 0.3 is 0 Å². The van der Waals surface area contributed by atoms with Crippen LogP contribution in [0.15, 0.2) is 22.7 Å². The summed E-state index contributed by atoms with van der Waals surface area (Å²) in [6.07, 6.45) is 1.18. The number of rotatable bonds is 4. The van der Waals surface area contributed by atoms with Crippen molar-refractivity contribution in [2.24, 2.45) is 0 Å². The minimum Gasteiger partial charge on any atom is -0.313 e. The van der Waals surface area contributed by atoms with Crippen molar-refractivity contribution in [1.29, 1.82) is 0 Å². The molecule has 0 radical (unpaired) electrons. The van der Waals surface area contributed by atoms with E-state index in [1.165, 1.54) is 22.0 Å². The molecule has 1 aromatic carbocycles. The summed E-state index contributed by atoms with van der Waals surface area (Å²) >= 11 is 3.56. The number of benzene rings is 1. The van der Waals surface area contributed by atoms with Crippen molar-refractivity contribution in [3.8, 4) is 0 Å². The molecule has 0 aromatic heterocycles. The highest BCUT2D eigenvalue weighted by Gasteiger charge is 1.98. The lowest BCUT2D eigenvalue weighted by atomic mass is 10.1. The van der Waals surface area contributed by atoms with Crippen LogP contribution in [0, 0.1) is 6.92 Å². The van der Waals surface area contributed by atoms with E-state index in [0.29, 0.717) is 0 Å². The molecular weight excluding hydrogens is 226 g/mol. The molecule has 0 heterocycles. The van der Waals surface area contributed by atoms with Gasteiger partial charge in [-0.1, -0.05) is 35.0 Å². The summed E-state index contributed by atoms with van der Waals surface area (Å²) in [5.74, 6) is 0. The molecule has 0 aliphatic heterocycles. The van der Waals surface area contributed by atoms with Gasteiger partial charge in [0.15, 0.2) is 0 Å². The molecule has 0 saturated heterocycles. The summed E-state index contributed by atoms with van der Waals surface area (Å²) in [6, 6.07) is 6.47. The molecule has 0 saturated carbocycles. The molecule has 1 N–H and O–H groups in total. The minimum atomic E-state index is 0.953. The molecule has 0 bridgehead atoms. The number of hydrogen-bond donors (Lipinski definition) is 1. The van der Waals surface area contributed by atoms with Crippen molar-refractivity contribution in [2.75, 3.05) is 6.54 Å². The van der Waals surface area contributed by atoms with Crippen LogP contribution in [0.5, 0.6) is 0 Å². The van der Waals surface area contributed by atoms with Crippen molar-refractivity contribution in [3.05, 3.63) is 33.8 Å². The van der Waals surface area contributed by atoms with Crippen molar-refractivity contribution < 1.29 is 0 Å². The standard InChI is InChI=1S/C11H16BrN/c1-3-6-13-8-10-5-4-9(2)7-11(10)12/h4-5,7,13H,3,6,8H2,1-2H3. The molecule has 0 fully saturated rings. The minimum absolute atomic E-state index is 0.953. The average molecular weight is 242 g/mol. The zero-order valence-electron chi connectivity index (χ0n) is 8.23. The molecule has 0 amide bonds. The summed E-state index contributed by atoms with van der Waals surface area (Å²) < 4.78 is 1.20. The maximum absolute atomic E-state index is 3.56. The summed E-state index contributed by atoms with van der Waals surface area (Å²) in [7, 11) is 0. The third-order valence-corrected chi connectivity index (χ3v) is 2.69. The van der Waals surface area contributed by atoms with Crippen molar-refractivity contribution in [1.82, 2.24) is 5.32 Å². The summed E-state index contributed by atoms with van der Waals surface area (Å²) in [5, 5.41) is 3.38. The molecular formula is C11H16BrN. The SMILES string of the molecule is CCCNCc1ccc(C)cc1Br. The molecule has 0 atom stereocenters. The Hall–Kier alpha value is -0.340. The molecule has 72 valence electrons. The Morgan fingerprint density at radius 3 is 2.77 bits per heavy atom. The Bertz CT molecular complexity index is 271. The van der Waals surface area contributed by atoms with Gasteiger partial charge in [-0.3, -0.25) is 0 Å². The smallest absolute Gasteiger partial charge is 0.0222 e. The lowest BCUT2D eigenvalue weighted by Gasteiger charge is -2.06. The van der Waals surface area contributed by atoms with Crippen LogP contribution in [0.4, 0.5) is 0 Å². The molecule has 0 aliphatic carbocycles. The monoisotopic (exact) mass is 241 g/mol. The first-order chi connectivity index (χ1) is 6.24. The topological polar surface area (TPSA) is 12.0 Å². The van der Waals surface area contributed by atoms with Gasteiger partial charge in [-0.05, 0) is 37.1 Å². The summed E-state index contributed by atoms with van der Waals surface area (Å²) in [6.45, 7) is 6.32. The Morgan fingerprint density at radius 2 is 2.15 bits per heavy atom. The molecule has 1 nitrogen and oxygen atoms in total. The fourth-order valence-electron chi connectivity index (χ4n) is 1.20.